The van der Waals surface area contributed by atoms with Crippen molar-refractivity contribution in [1.82, 2.24) is 5.32 Å². The molecule has 1 aromatic carbocycles. The van der Waals surface area contributed by atoms with Crippen molar-refractivity contribution in [3.05, 3.63) is 52.2 Å². The summed E-state index contributed by atoms with van der Waals surface area (Å²) in [4.78, 5) is 24.9. The van der Waals surface area contributed by atoms with Crippen molar-refractivity contribution in [1.29, 1.82) is 0 Å². The third kappa shape index (κ3) is 5.09. The van der Waals surface area contributed by atoms with Crippen LogP contribution in [0.15, 0.2) is 41.8 Å². The SMILES string of the molecule is COC(=O)CC(NC(=O)C(C)Oc1cccc(C)c1)c1cccs1. The van der Waals surface area contributed by atoms with Gasteiger partial charge in [0.15, 0.2) is 6.10 Å². The molecule has 2 unspecified atom stereocenters. The predicted octanol–water partition coefficient (Wildman–Crippen LogP) is 3.24. The Balaban J connectivity index is 2.02. The highest BCUT2D eigenvalue weighted by molar-refractivity contribution is 7.10. The van der Waals surface area contributed by atoms with Crippen LogP contribution in [-0.4, -0.2) is 25.1 Å². The molecule has 0 bridgehead atoms. The number of carbonyl (C=O) groups is 2. The summed E-state index contributed by atoms with van der Waals surface area (Å²) in [6, 6.07) is 10.8. The van der Waals surface area contributed by atoms with E-state index < -0.39 is 12.1 Å². The van der Waals surface area contributed by atoms with Gasteiger partial charge in [0.25, 0.3) is 5.91 Å². The summed E-state index contributed by atoms with van der Waals surface area (Å²) >= 11 is 1.48. The topological polar surface area (TPSA) is 64.6 Å². The molecule has 128 valence electrons. The van der Waals surface area contributed by atoms with Gasteiger partial charge in [-0.25, -0.2) is 0 Å². The second kappa shape index (κ2) is 8.49. The lowest BCUT2D eigenvalue weighted by Crippen LogP contribution is -2.39. The lowest BCUT2D eigenvalue weighted by Gasteiger charge is -2.20. The summed E-state index contributed by atoms with van der Waals surface area (Å²) in [5, 5.41) is 4.77. The molecule has 0 saturated heterocycles. The Labute approximate surface area is 145 Å². The second-order valence-electron chi connectivity index (χ2n) is 5.43. The van der Waals surface area contributed by atoms with Crippen LogP contribution < -0.4 is 10.1 Å². The highest BCUT2D eigenvalue weighted by Gasteiger charge is 2.23. The first kappa shape index (κ1) is 18.0. The number of aryl methyl sites for hydroxylation is 1. The van der Waals surface area contributed by atoms with Gasteiger partial charge in [-0.2, -0.15) is 0 Å². The van der Waals surface area contributed by atoms with Crippen molar-refractivity contribution in [3.8, 4) is 5.75 Å². The number of hydrogen-bond acceptors (Lipinski definition) is 5. The van der Waals surface area contributed by atoms with Crippen LogP contribution in [0.4, 0.5) is 0 Å². The largest absolute Gasteiger partial charge is 0.481 e. The number of amides is 1. The maximum absolute atomic E-state index is 12.4. The minimum Gasteiger partial charge on any atom is -0.481 e. The number of benzene rings is 1. The molecular weight excluding hydrogens is 326 g/mol. The Morgan fingerprint density at radius 2 is 2.04 bits per heavy atom. The zero-order valence-corrected chi connectivity index (χ0v) is 14.8. The number of thiophene rings is 1. The molecule has 0 aliphatic rings. The van der Waals surface area contributed by atoms with Crippen LogP contribution in [-0.2, 0) is 14.3 Å². The molecule has 0 fully saturated rings. The fraction of sp³-hybridized carbons (Fsp3) is 0.333. The molecule has 1 aromatic heterocycles. The number of esters is 1. The smallest absolute Gasteiger partial charge is 0.307 e. The summed E-state index contributed by atoms with van der Waals surface area (Å²) in [5.74, 6) is -0.0157. The summed E-state index contributed by atoms with van der Waals surface area (Å²) in [6.07, 6.45) is -0.591. The number of hydrogen-bond donors (Lipinski definition) is 1. The maximum atomic E-state index is 12.4. The first-order valence-electron chi connectivity index (χ1n) is 7.63. The lowest BCUT2D eigenvalue weighted by molar-refractivity contribution is -0.141. The molecule has 2 rings (SSSR count). The van der Waals surface area contributed by atoms with Crippen molar-refractivity contribution in [3.63, 3.8) is 0 Å². The fourth-order valence-electron chi connectivity index (χ4n) is 2.20. The van der Waals surface area contributed by atoms with E-state index in [0.29, 0.717) is 5.75 Å². The molecule has 0 saturated carbocycles. The van der Waals surface area contributed by atoms with E-state index in [9.17, 15) is 9.59 Å². The third-order valence-corrected chi connectivity index (χ3v) is 4.46. The Bertz CT molecular complexity index is 684. The summed E-state index contributed by atoms with van der Waals surface area (Å²) in [5.41, 5.74) is 1.06. The average Bonchev–Trinajstić information content (AvgIpc) is 3.08. The van der Waals surface area contributed by atoms with Crippen molar-refractivity contribution in [2.24, 2.45) is 0 Å². The van der Waals surface area contributed by atoms with Gasteiger partial charge in [-0.15, -0.1) is 11.3 Å². The average molecular weight is 347 g/mol. The second-order valence-corrected chi connectivity index (χ2v) is 6.41. The van der Waals surface area contributed by atoms with E-state index in [1.54, 1.807) is 6.92 Å². The fourth-order valence-corrected chi connectivity index (χ4v) is 2.98. The van der Waals surface area contributed by atoms with E-state index in [1.807, 2.05) is 48.7 Å². The van der Waals surface area contributed by atoms with E-state index >= 15 is 0 Å². The zero-order chi connectivity index (χ0) is 17.5. The van der Waals surface area contributed by atoms with Crippen molar-refractivity contribution >= 4 is 23.2 Å². The van der Waals surface area contributed by atoms with Gasteiger partial charge in [0.2, 0.25) is 0 Å². The van der Waals surface area contributed by atoms with Crippen LogP contribution in [0.2, 0.25) is 0 Å². The zero-order valence-electron chi connectivity index (χ0n) is 13.9. The van der Waals surface area contributed by atoms with Gasteiger partial charge >= 0.3 is 5.97 Å². The van der Waals surface area contributed by atoms with Crippen LogP contribution in [0.3, 0.4) is 0 Å². The number of carbonyl (C=O) groups excluding carboxylic acids is 2. The van der Waals surface area contributed by atoms with E-state index in [0.717, 1.165) is 10.4 Å². The number of rotatable bonds is 7. The number of ether oxygens (including phenoxy) is 2. The monoisotopic (exact) mass is 347 g/mol. The molecule has 5 nitrogen and oxygen atoms in total. The number of nitrogens with one attached hydrogen (secondary N) is 1. The molecule has 0 aliphatic carbocycles. The van der Waals surface area contributed by atoms with Crippen LogP contribution in [0.1, 0.15) is 29.8 Å². The standard InChI is InChI=1S/C18H21NO4S/c1-12-6-4-7-14(10-12)23-13(2)18(21)19-15(11-17(20)22-3)16-8-5-9-24-16/h4-10,13,15H,11H2,1-3H3,(H,19,21). The third-order valence-electron chi connectivity index (χ3n) is 3.47. The van der Waals surface area contributed by atoms with Gasteiger partial charge in [-0.3, -0.25) is 9.59 Å². The summed E-state index contributed by atoms with van der Waals surface area (Å²) in [6.45, 7) is 3.64. The quantitative estimate of drug-likeness (QED) is 0.781. The molecule has 0 radical (unpaired) electrons. The normalized spacial score (nSPS) is 13.0. The predicted molar refractivity (Wildman–Crippen MR) is 93.1 cm³/mol. The van der Waals surface area contributed by atoms with Crippen LogP contribution >= 0.6 is 11.3 Å². The first-order chi connectivity index (χ1) is 11.5. The van der Waals surface area contributed by atoms with Crippen molar-refractivity contribution in [2.45, 2.75) is 32.4 Å². The highest BCUT2D eigenvalue weighted by atomic mass is 32.1. The minimum absolute atomic E-state index is 0.0833. The molecule has 24 heavy (non-hydrogen) atoms. The van der Waals surface area contributed by atoms with Gasteiger partial charge in [0, 0.05) is 4.88 Å². The molecule has 6 heteroatoms. The molecule has 1 N–H and O–H groups in total. The summed E-state index contributed by atoms with van der Waals surface area (Å²) < 4.78 is 10.4. The molecule has 1 heterocycles. The summed E-state index contributed by atoms with van der Waals surface area (Å²) in [7, 11) is 1.33. The highest BCUT2D eigenvalue weighted by Crippen LogP contribution is 2.23. The minimum atomic E-state index is -0.674. The van der Waals surface area contributed by atoms with E-state index in [1.165, 1.54) is 18.4 Å². The Morgan fingerprint density at radius 1 is 1.25 bits per heavy atom. The Hall–Kier alpha value is -2.34. The molecule has 2 atom stereocenters. The van der Waals surface area contributed by atoms with Gasteiger partial charge in [0.05, 0.1) is 19.6 Å². The Morgan fingerprint density at radius 3 is 2.67 bits per heavy atom. The Kier molecular flexibility index (Phi) is 6.37. The first-order valence-corrected chi connectivity index (χ1v) is 8.51. The molecule has 0 spiro atoms. The van der Waals surface area contributed by atoms with E-state index in [2.05, 4.69) is 5.32 Å². The molecule has 2 aromatic rings. The maximum Gasteiger partial charge on any atom is 0.307 e. The van der Waals surface area contributed by atoms with Gasteiger partial charge in [0.1, 0.15) is 5.75 Å². The van der Waals surface area contributed by atoms with Gasteiger partial charge in [-0.1, -0.05) is 18.2 Å². The van der Waals surface area contributed by atoms with Crippen LogP contribution in [0.25, 0.3) is 0 Å². The van der Waals surface area contributed by atoms with Crippen molar-refractivity contribution in [2.75, 3.05) is 7.11 Å². The molecular formula is C18H21NO4S. The van der Waals surface area contributed by atoms with Crippen LogP contribution in [0.5, 0.6) is 5.75 Å². The van der Waals surface area contributed by atoms with Gasteiger partial charge < -0.3 is 14.8 Å². The van der Waals surface area contributed by atoms with Crippen molar-refractivity contribution < 1.29 is 19.1 Å². The molecule has 1 amide bonds. The van der Waals surface area contributed by atoms with Crippen LogP contribution in [0, 0.1) is 6.92 Å². The number of methoxy groups -OCH3 is 1. The lowest BCUT2D eigenvalue weighted by atomic mass is 10.1. The molecule has 0 aliphatic heterocycles. The van der Waals surface area contributed by atoms with E-state index in [4.69, 9.17) is 9.47 Å². The van der Waals surface area contributed by atoms with Gasteiger partial charge in [-0.05, 0) is 43.0 Å². The van der Waals surface area contributed by atoms with E-state index in [-0.39, 0.29) is 18.3 Å².